The molecule has 4 heteroatoms. The molecule has 0 atom stereocenters. The Morgan fingerprint density at radius 2 is 1.00 bits per heavy atom. The highest BCUT2D eigenvalue weighted by molar-refractivity contribution is 5.85. The number of carbonyl (C=O) groups excluding carboxylic acids is 2. The van der Waals surface area contributed by atoms with E-state index in [9.17, 15) is 9.59 Å². The van der Waals surface area contributed by atoms with Crippen LogP contribution in [-0.4, -0.2) is 35.7 Å². The number of rotatable bonds is 6. The standard InChI is InChI=1S/C12H25NO.C10H21NO.CH4/c1-11(2,3)10(14)8-7-9-13-12(4,5)6;1-9(2,3)8(12)7-11-10(4,5)6;/h13H,7-9H2,1-6H3;11H,7H2,1-6H3;1H4. The van der Waals surface area contributed by atoms with Crippen molar-refractivity contribution in [1.82, 2.24) is 10.6 Å². The fourth-order valence-electron chi connectivity index (χ4n) is 1.70. The highest BCUT2D eigenvalue weighted by atomic mass is 16.1. The van der Waals surface area contributed by atoms with E-state index < -0.39 is 0 Å². The van der Waals surface area contributed by atoms with Crippen LogP contribution >= 0.6 is 0 Å². The third-order valence-corrected chi connectivity index (χ3v) is 3.69. The zero-order valence-corrected chi connectivity index (χ0v) is 19.6. The van der Waals surface area contributed by atoms with E-state index in [1.165, 1.54) is 0 Å². The first-order valence-electron chi connectivity index (χ1n) is 9.82. The van der Waals surface area contributed by atoms with Gasteiger partial charge in [-0.3, -0.25) is 9.59 Å². The molecule has 2 N–H and O–H groups in total. The third-order valence-electron chi connectivity index (χ3n) is 3.69. The summed E-state index contributed by atoms with van der Waals surface area (Å²) in [5.41, 5.74) is -0.217. The number of hydrogen-bond acceptors (Lipinski definition) is 4. The number of nitrogens with one attached hydrogen (secondary N) is 2. The van der Waals surface area contributed by atoms with Crippen LogP contribution in [0.4, 0.5) is 0 Å². The van der Waals surface area contributed by atoms with E-state index in [1.54, 1.807) is 0 Å². The Morgan fingerprint density at radius 1 is 0.630 bits per heavy atom. The lowest BCUT2D eigenvalue weighted by atomic mass is 9.88. The van der Waals surface area contributed by atoms with E-state index in [0.29, 0.717) is 18.7 Å². The summed E-state index contributed by atoms with van der Waals surface area (Å²) >= 11 is 0. The summed E-state index contributed by atoms with van der Waals surface area (Å²) in [6, 6.07) is 0. The molecule has 0 spiro atoms. The number of carbonyl (C=O) groups is 2. The van der Waals surface area contributed by atoms with Crippen molar-refractivity contribution in [1.29, 1.82) is 0 Å². The molecule has 0 aromatic rings. The van der Waals surface area contributed by atoms with E-state index in [2.05, 4.69) is 52.2 Å². The van der Waals surface area contributed by atoms with Crippen LogP contribution in [0, 0.1) is 10.8 Å². The summed E-state index contributed by atoms with van der Waals surface area (Å²) in [7, 11) is 0. The molecular formula is C23H50N2O2. The zero-order valence-electron chi connectivity index (χ0n) is 19.6. The lowest BCUT2D eigenvalue weighted by Gasteiger charge is -2.23. The Bertz CT molecular complexity index is 427. The SMILES string of the molecule is C.CC(C)(C)NCC(=O)C(C)(C)C.CC(C)(C)NCCCC(=O)C(C)(C)C. The topological polar surface area (TPSA) is 58.2 Å². The molecule has 164 valence electrons. The van der Waals surface area contributed by atoms with Gasteiger partial charge in [-0.25, -0.2) is 0 Å². The van der Waals surface area contributed by atoms with Gasteiger partial charge < -0.3 is 10.6 Å². The molecule has 4 nitrogen and oxygen atoms in total. The molecule has 0 unspecified atom stereocenters. The Hall–Kier alpha value is -0.740. The molecule has 0 saturated carbocycles. The fourth-order valence-corrected chi connectivity index (χ4v) is 1.70. The lowest BCUT2D eigenvalue weighted by Crippen LogP contribution is -2.42. The monoisotopic (exact) mass is 386 g/mol. The molecule has 0 aromatic carbocycles. The minimum atomic E-state index is -0.224. The average Bonchev–Trinajstić information content (AvgIpc) is 2.37. The van der Waals surface area contributed by atoms with Gasteiger partial charge in [0.1, 0.15) is 5.78 Å². The second kappa shape index (κ2) is 12.0. The summed E-state index contributed by atoms with van der Waals surface area (Å²) in [5, 5.41) is 6.56. The molecule has 0 rings (SSSR count). The van der Waals surface area contributed by atoms with Crippen molar-refractivity contribution in [3.05, 3.63) is 0 Å². The van der Waals surface area contributed by atoms with Crippen LogP contribution < -0.4 is 10.6 Å². The van der Waals surface area contributed by atoms with Crippen LogP contribution in [0.3, 0.4) is 0 Å². The highest BCUT2D eigenvalue weighted by Gasteiger charge is 2.22. The molecule has 0 saturated heterocycles. The van der Waals surface area contributed by atoms with Gasteiger partial charge in [0.05, 0.1) is 6.54 Å². The smallest absolute Gasteiger partial charge is 0.151 e. The molecule has 0 heterocycles. The van der Waals surface area contributed by atoms with Crippen molar-refractivity contribution in [2.24, 2.45) is 10.8 Å². The molecule has 0 radical (unpaired) electrons. The summed E-state index contributed by atoms with van der Waals surface area (Å²) in [6.45, 7) is 25.7. The minimum absolute atomic E-state index is 0. The quantitative estimate of drug-likeness (QED) is 0.600. The van der Waals surface area contributed by atoms with Gasteiger partial charge in [0.15, 0.2) is 5.78 Å². The first kappa shape index (κ1) is 31.0. The second-order valence-electron chi connectivity index (χ2n) is 11.2. The molecule has 0 aromatic heterocycles. The lowest BCUT2D eigenvalue weighted by molar-refractivity contribution is -0.126. The molecule has 0 bridgehead atoms. The van der Waals surface area contributed by atoms with E-state index in [1.807, 2.05) is 41.5 Å². The Kier molecular flexibility index (Phi) is 13.7. The molecule has 0 aliphatic rings. The number of Topliss-reactive ketones (excluding diaryl/α,β-unsaturated/α-hetero) is 2. The molecule has 0 fully saturated rings. The fraction of sp³-hybridized carbons (Fsp3) is 0.913. The maximum atomic E-state index is 11.6. The van der Waals surface area contributed by atoms with Crippen molar-refractivity contribution in [2.45, 2.75) is 114 Å². The van der Waals surface area contributed by atoms with E-state index in [0.717, 1.165) is 13.0 Å². The predicted molar refractivity (Wildman–Crippen MR) is 120 cm³/mol. The van der Waals surface area contributed by atoms with Crippen LogP contribution in [0.2, 0.25) is 0 Å². The van der Waals surface area contributed by atoms with Crippen molar-refractivity contribution in [3.63, 3.8) is 0 Å². The predicted octanol–water partition coefficient (Wildman–Crippen LogP) is 5.40. The Morgan fingerprint density at radius 3 is 1.30 bits per heavy atom. The van der Waals surface area contributed by atoms with Crippen LogP contribution in [0.5, 0.6) is 0 Å². The first-order chi connectivity index (χ1) is 11.3. The molecule has 0 aliphatic heterocycles. The highest BCUT2D eigenvalue weighted by Crippen LogP contribution is 2.17. The van der Waals surface area contributed by atoms with E-state index in [4.69, 9.17) is 0 Å². The molecule has 27 heavy (non-hydrogen) atoms. The number of hydrogen-bond donors (Lipinski definition) is 2. The van der Waals surface area contributed by atoms with Crippen LogP contribution in [0.25, 0.3) is 0 Å². The summed E-state index contributed by atoms with van der Waals surface area (Å²) in [4.78, 5) is 23.0. The van der Waals surface area contributed by atoms with Gasteiger partial charge in [0, 0.05) is 28.3 Å². The van der Waals surface area contributed by atoms with Crippen LogP contribution in [0.1, 0.15) is 103 Å². The number of ketones is 2. The largest absolute Gasteiger partial charge is 0.312 e. The maximum Gasteiger partial charge on any atom is 0.151 e. The second-order valence-corrected chi connectivity index (χ2v) is 11.2. The van der Waals surface area contributed by atoms with Gasteiger partial charge in [-0.15, -0.1) is 0 Å². The summed E-state index contributed by atoms with van der Waals surface area (Å²) < 4.78 is 0. The van der Waals surface area contributed by atoms with Crippen molar-refractivity contribution in [3.8, 4) is 0 Å². The average molecular weight is 387 g/mol. The Balaban J connectivity index is -0.000000416. The van der Waals surface area contributed by atoms with Crippen molar-refractivity contribution in [2.75, 3.05) is 13.1 Å². The molecule has 0 aliphatic carbocycles. The van der Waals surface area contributed by atoms with Gasteiger partial charge in [-0.05, 0) is 54.5 Å². The van der Waals surface area contributed by atoms with E-state index in [-0.39, 0.29) is 35.1 Å². The summed E-state index contributed by atoms with van der Waals surface area (Å²) in [6.07, 6.45) is 1.62. The first-order valence-corrected chi connectivity index (χ1v) is 9.82. The van der Waals surface area contributed by atoms with E-state index >= 15 is 0 Å². The van der Waals surface area contributed by atoms with Crippen molar-refractivity contribution >= 4 is 11.6 Å². The summed E-state index contributed by atoms with van der Waals surface area (Å²) in [5.74, 6) is 0.616. The molecule has 0 amide bonds. The molecular weight excluding hydrogens is 336 g/mol. The van der Waals surface area contributed by atoms with Gasteiger partial charge in [-0.1, -0.05) is 49.0 Å². The van der Waals surface area contributed by atoms with Crippen molar-refractivity contribution < 1.29 is 9.59 Å². The third kappa shape index (κ3) is 21.4. The Labute approximate surface area is 170 Å². The minimum Gasteiger partial charge on any atom is -0.312 e. The maximum absolute atomic E-state index is 11.6. The van der Waals surface area contributed by atoms with Crippen LogP contribution in [0.15, 0.2) is 0 Å². The van der Waals surface area contributed by atoms with Gasteiger partial charge >= 0.3 is 0 Å². The van der Waals surface area contributed by atoms with Gasteiger partial charge in [-0.2, -0.15) is 0 Å². The zero-order chi connectivity index (χ0) is 21.4. The van der Waals surface area contributed by atoms with Gasteiger partial charge in [0.25, 0.3) is 0 Å². The van der Waals surface area contributed by atoms with Crippen LogP contribution in [-0.2, 0) is 9.59 Å². The normalized spacial score (nSPS) is 12.6. The van der Waals surface area contributed by atoms with Gasteiger partial charge in [0.2, 0.25) is 0 Å².